The van der Waals surface area contributed by atoms with Gasteiger partial charge in [0.1, 0.15) is 17.9 Å². The van der Waals surface area contributed by atoms with Crippen molar-refractivity contribution in [1.82, 2.24) is 14.9 Å². The Morgan fingerprint density at radius 1 is 1.20 bits per heavy atom. The third-order valence-electron chi connectivity index (χ3n) is 6.33. The minimum absolute atomic E-state index is 0.0675. The highest BCUT2D eigenvalue weighted by atomic mass is 16.5. The molecule has 1 saturated heterocycles. The largest absolute Gasteiger partial charge is 0.487 e. The summed E-state index contributed by atoms with van der Waals surface area (Å²) in [5.74, 6) is 0.293. The molecule has 7 nitrogen and oxygen atoms in total. The van der Waals surface area contributed by atoms with E-state index < -0.39 is 0 Å². The van der Waals surface area contributed by atoms with Crippen LogP contribution in [0.1, 0.15) is 59.7 Å². The topological polar surface area (TPSA) is 82.5 Å². The lowest BCUT2D eigenvalue weighted by Crippen LogP contribution is -2.47. The van der Waals surface area contributed by atoms with Crippen molar-refractivity contribution in [3.63, 3.8) is 0 Å². The second-order valence-corrected chi connectivity index (χ2v) is 9.75. The van der Waals surface area contributed by atoms with Gasteiger partial charge in [-0.25, -0.2) is 0 Å². The van der Waals surface area contributed by atoms with Crippen LogP contribution in [-0.4, -0.2) is 33.7 Å². The average molecular weight is 476 g/mol. The SMILES string of the molecule is Cc1ccc(OCc2c(C(=O)NC3CCOC(C)(C)C3)c(=O)cc(C)n2Cc2ccccn2)cc1. The summed E-state index contributed by atoms with van der Waals surface area (Å²) in [7, 11) is 0. The van der Waals surface area contributed by atoms with Crippen molar-refractivity contribution in [3.05, 3.63) is 93.2 Å². The van der Waals surface area contributed by atoms with Crippen molar-refractivity contribution in [3.8, 4) is 5.75 Å². The number of nitrogens with one attached hydrogen (secondary N) is 1. The summed E-state index contributed by atoms with van der Waals surface area (Å²) in [4.78, 5) is 31.1. The summed E-state index contributed by atoms with van der Waals surface area (Å²) >= 11 is 0. The van der Waals surface area contributed by atoms with Crippen LogP contribution in [0.25, 0.3) is 0 Å². The first-order chi connectivity index (χ1) is 16.7. The molecule has 1 unspecified atom stereocenters. The summed E-state index contributed by atoms with van der Waals surface area (Å²) in [6, 6.07) is 14.8. The zero-order chi connectivity index (χ0) is 25.0. The Hall–Kier alpha value is -3.45. The van der Waals surface area contributed by atoms with Crippen LogP contribution in [0.3, 0.4) is 0 Å². The lowest BCUT2D eigenvalue weighted by atomic mass is 9.93. The van der Waals surface area contributed by atoms with Gasteiger partial charge >= 0.3 is 0 Å². The van der Waals surface area contributed by atoms with Gasteiger partial charge in [-0.1, -0.05) is 23.8 Å². The highest BCUT2D eigenvalue weighted by Gasteiger charge is 2.31. The van der Waals surface area contributed by atoms with E-state index >= 15 is 0 Å². The van der Waals surface area contributed by atoms with E-state index in [0.717, 1.165) is 17.0 Å². The predicted octanol–water partition coefficient (Wildman–Crippen LogP) is 4.17. The van der Waals surface area contributed by atoms with Gasteiger partial charge in [0.15, 0.2) is 5.43 Å². The van der Waals surface area contributed by atoms with E-state index in [-0.39, 0.29) is 35.1 Å². The van der Waals surface area contributed by atoms with E-state index in [9.17, 15) is 9.59 Å². The Morgan fingerprint density at radius 2 is 1.97 bits per heavy atom. The van der Waals surface area contributed by atoms with Crippen molar-refractivity contribution >= 4 is 5.91 Å². The summed E-state index contributed by atoms with van der Waals surface area (Å²) in [5, 5.41) is 3.08. The molecule has 1 N–H and O–H groups in total. The maximum atomic E-state index is 13.5. The van der Waals surface area contributed by atoms with Crippen LogP contribution in [-0.2, 0) is 17.9 Å². The minimum Gasteiger partial charge on any atom is -0.487 e. The van der Waals surface area contributed by atoms with Crippen LogP contribution in [0.15, 0.2) is 59.5 Å². The molecule has 1 aromatic carbocycles. The van der Waals surface area contributed by atoms with Gasteiger partial charge in [-0.2, -0.15) is 0 Å². The van der Waals surface area contributed by atoms with Gasteiger partial charge in [0.25, 0.3) is 5.91 Å². The lowest BCUT2D eigenvalue weighted by molar-refractivity contribution is -0.0615. The van der Waals surface area contributed by atoms with E-state index in [0.29, 0.717) is 37.4 Å². The van der Waals surface area contributed by atoms with Crippen LogP contribution in [0, 0.1) is 13.8 Å². The number of amides is 1. The number of benzene rings is 1. The van der Waals surface area contributed by atoms with Crippen molar-refractivity contribution in [2.24, 2.45) is 0 Å². The zero-order valence-corrected chi connectivity index (χ0v) is 20.8. The van der Waals surface area contributed by atoms with Crippen LogP contribution in [0.2, 0.25) is 0 Å². The van der Waals surface area contributed by atoms with Gasteiger partial charge in [0.2, 0.25) is 0 Å². The second-order valence-electron chi connectivity index (χ2n) is 9.75. The average Bonchev–Trinajstić information content (AvgIpc) is 2.80. The molecule has 7 heteroatoms. The molecule has 184 valence electrons. The molecule has 1 aliphatic heterocycles. The molecular weight excluding hydrogens is 442 g/mol. The van der Waals surface area contributed by atoms with E-state index in [1.165, 1.54) is 6.07 Å². The molecule has 1 fully saturated rings. The minimum atomic E-state index is -0.380. The molecule has 1 aliphatic rings. The van der Waals surface area contributed by atoms with E-state index in [1.807, 2.05) is 74.7 Å². The Morgan fingerprint density at radius 3 is 2.66 bits per heavy atom. The van der Waals surface area contributed by atoms with E-state index in [1.54, 1.807) is 6.20 Å². The molecule has 0 spiro atoms. The molecule has 3 heterocycles. The molecule has 3 aromatic rings. The number of pyridine rings is 2. The van der Waals surface area contributed by atoms with Crippen LogP contribution < -0.4 is 15.5 Å². The molecule has 35 heavy (non-hydrogen) atoms. The smallest absolute Gasteiger partial charge is 0.257 e. The molecule has 0 radical (unpaired) electrons. The molecular formula is C28H33N3O4. The van der Waals surface area contributed by atoms with Crippen LogP contribution in [0.4, 0.5) is 0 Å². The molecule has 0 aliphatic carbocycles. The number of carbonyl (C=O) groups is 1. The van der Waals surface area contributed by atoms with Crippen molar-refractivity contribution in [1.29, 1.82) is 0 Å². The van der Waals surface area contributed by atoms with Gasteiger partial charge in [0.05, 0.1) is 23.5 Å². The maximum absolute atomic E-state index is 13.5. The third-order valence-corrected chi connectivity index (χ3v) is 6.33. The summed E-state index contributed by atoms with van der Waals surface area (Å²) in [6.07, 6.45) is 3.12. The van der Waals surface area contributed by atoms with E-state index in [4.69, 9.17) is 9.47 Å². The zero-order valence-electron chi connectivity index (χ0n) is 20.8. The molecule has 0 saturated carbocycles. The fourth-order valence-corrected chi connectivity index (χ4v) is 4.50. The highest BCUT2D eigenvalue weighted by molar-refractivity contribution is 5.95. The van der Waals surface area contributed by atoms with Crippen molar-refractivity contribution < 1.29 is 14.3 Å². The first-order valence-corrected chi connectivity index (χ1v) is 12.0. The van der Waals surface area contributed by atoms with Gasteiger partial charge < -0.3 is 19.4 Å². The number of rotatable bonds is 7. The number of nitrogens with zero attached hydrogens (tertiary/aromatic N) is 2. The Kier molecular flexibility index (Phi) is 7.36. The molecule has 0 bridgehead atoms. The van der Waals surface area contributed by atoms with E-state index in [2.05, 4.69) is 10.3 Å². The number of hydrogen-bond donors (Lipinski definition) is 1. The summed E-state index contributed by atoms with van der Waals surface area (Å²) in [6.45, 7) is 8.96. The number of carbonyl (C=O) groups excluding carboxylic acids is 1. The first kappa shape index (κ1) is 24.7. The van der Waals surface area contributed by atoms with Crippen molar-refractivity contribution in [2.45, 2.75) is 65.3 Å². The second kappa shape index (κ2) is 10.4. The first-order valence-electron chi connectivity index (χ1n) is 12.0. The van der Waals surface area contributed by atoms with Gasteiger partial charge in [-0.15, -0.1) is 0 Å². The molecule has 1 amide bonds. The fraction of sp³-hybridized carbons (Fsp3) is 0.393. The summed E-state index contributed by atoms with van der Waals surface area (Å²) < 4.78 is 13.8. The lowest BCUT2D eigenvalue weighted by Gasteiger charge is -2.35. The fourth-order valence-electron chi connectivity index (χ4n) is 4.50. The van der Waals surface area contributed by atoms with Gasteiger partial charge in [-0.05, 0) is 64.8 Å². The third kappa shape index (κ3) is 6.17. The normalized spacial score (nSPS) is 17.1. The maximum Gasteiger partial charge on any atom is 0.257 e. The number of ether oxygens (including phenoxy) is 2. The van der Waals surface area contributed by atoms with Crippen molar-refractivity contribution in [2.75, 3.05) is 6.61 Å². The van der Waals surface area contributed by atoms with Gasteiger partial charge in [-0.3, -0.25) is 14.6 Å². The molecule has 1 atom stereocenters. The Balaban J connectivity index is 1.70. The monoisotopic (exact) mass is 475 g/mol. The van der Waals surface area contributed by atoms with Crippen LogP contribution in [0.5, 0.6) is 5.75 Å². The quantitative estimate of drug-likeness (QED) is 0.555. The highest BCUT2D eigenvalue weighted by Crippen LogP contribution is 2.24. The standard InChI is InChI=1S/C28H33N3O4/c1-19-8-10-23(11-9-19)34-18-24-26(27(33)30-21-12-14-35-28(3,4)16-21)25(32)15-20(2)31(24)17-22-7-5-6-13-29-22/h5-11,13,15,21H,12,14,16-18H2,1-4H3,(H,30,33). The predicted molar refractivity (Wildman–Crippen MR) is 135 cm³/mol. The number of hydrogen-bond acceptors (Lipinski definition) is 5. The Labute approximate surface area is 206 Å². The van der Waals surface area contributed by atoms with Crippen LogP contribution >= 0.6 is 0 Å². The summed E-state index contributed by atoms with van der Waals surface area (Å²) in [5.41, 5.74) is 2.71. The molecule has 4 rings (SSSR count). The number of aryl methyl sites for hydroxylation is 2. The Bertz CT molecular complexity index is 1230. The van der Waals surface area contributed by atoms with Gasteiger partial charge in [0, 0.05) is 30.6 Å². The number of aromatic nitrogens is 2. The molecule has 2 aromatic heterocycles.